The second kappa shape index (κ2) is 8.86. The average Bonchev–Trinajstić information content (AvgIpc) is 3.30. The molecule has 0 spiro atoms. The fourth-order valence-corrected chi connectivity index (χ4v) is 4.94. The summed E-state index contributed by atoms with van der Waals surface area (Å²) in [4.78, 5) is 22.3. The van der Waals surface area contributed by atoms with Crippen molar-refractivity contribution in [2.45, 2.75) is 20.4 Å². The van der Waals surface area contributed by atoms with Gasteiger partial charge in [-0.25, -0.2) is 4.98 Å². The van der Waals surface area contributed by atoms with Gasteiger partial charge in [-0.15, -0.1) is 11.3 Å². The summed E-state index contributed by atoms with van der Waals surface area (Å²) in [6.45, 7) is 6.35. The van der Waals surface area contributed by atoms with E-state index in [4.69, 9.17) is 9.47 Å². The summed E-state index contributed by atoms with van der Waals surface area (Å²) in [6.07, 6.45) is 0. The first-order chi connectivity index (χ1) is 14.2. The summed E-state index contributed by atoms with van der Waals surface area (Å²) in [5, 5.41) is 0.398. The van der Waals surface area contributed by atoms with Crippen LogP contribution >= 0.6 is 22.7 Å². The molecule has 6 nitrogen and oxygen atoms in total. The van der Waals surface area contributed by atoms with Gasteiger partial charge in [0.25, 0.3) is 0 Å². The van der Waals surface area contributed by atoms with E-state index in [2.05, 4.69) is 9.98 Å². The van der Waals surface area contributed by atoms with Gasteiger partial charge in [0.05, 0.1) is 33.6 Å². The Morgan fingerprint density at radius 3 is 2.76 bits per heavy atom. The Labute approximate surface area is 176 Å². The maximum absolute atomic E-state index is 12.8. The zero-order valence-corrected chi connectivity index (χ0v) is 17.9. The van der Waals surface area contributed by atoms with Crippen molar-refractivity contribution in [3.05, 3.63) is 52.3 Å². The molecule has 0 unspecified atom stereocenters. The van der Waals surface area contributed by atoms with Crippen LogP contribution in [0.1, 0.15) is 23.6 Å². The van der Waals surface area contributed by atoms with E-state index < -0.39 is 0 Å². The highest BCUT2D eigenvalue weighted by Crippen LogP contribution is 2.24. The number of ether oxygens (including phenoxy) is 2. The molecule has 0 N–H and O–H groups in total. The number of thiazole rings is 2. The number of carbonyl (C=O) groups is 1. The summed E-state index contributed by atoms with van der Waals surface area (Å²) in [6, 6.07) is 13.6. The van der Waals surface area contributed by atoms with E-state index in [1.807, 2.05) is 60.9 Å². The van der Waals surface area contributed by atoms with Crippen LogP contribution in [0.15, 0.2) is 47.5 Å². The van der Waals surface area contributed by atoms with Crippen LogP contribution < -0.4 is 9.54 Å². The largest absolute Gasteiger partial charge is 0.494 e. The van der Waals surface area contributed by atoms with Crippen molar-refractivity contribution in [2.24, 2.45) is 4.99 Å². The van der Waals surface area contributed by atoms with E-state index in [-0.39, 0.29) is 5.91 Å². The van der Waals surface area contributed by atoms with E-state index in [1.54, 1.807) is 0 Å². The van der Waals surface area contributed by atoms with Gasteiger partial charge in [-0.3, -0.25) is 4.79 Å². The van der Waals surface area contributed by atoms with E-state index in [1.165, 1.54) is 22.7 Å². The van der Waals surface area contributed by atoms with Gasteiger partial charge in [0.2, 0.25) is 0 Å². The fraction of sp³-hybridized carbons (Fsp3) is 0.286. The van der Waals surface area contributed by atoms with E-state index in [0.29, 0.717) is 36.2 Å². The molecular weight excluding hydrogens is 406 g/mol. The number of nitrogens with zero attached hydrogens (tertiary/aromatic N) is 3. The van der Waals surface area contributed by atoms with Crippen LogP contribution in [-0.2, 0) is 11.3 Å². The maximum Gasteiger partial charge on any atom is 0.308 e. The SMILES string of the molecule is CCOCCn1c(=NC(=O)c2nc3ccccc3s2)sc2cc(OCC)ccc21. The molecule has 0 radical (unpaired) electrons. The van der Waals surface area contributed by atoms with Crippen molar-refractivity contribution in [1.82, 2.24) is 9.55 Å². The van der Waals surface area contributed by atoms with E-state index in [0.717, 1.165) is 26.2 Å². The number of para-hydroxylation sites is 1. The molecule has 0 saturated carbocycles. The molecule has 0 atom stereocenters. The number of rotatable bonds is 7. The molecule has 0 fully saturated rings. The van der Waals surface area contributed by atoms with Gasteiger partial charge < -0.3 is 14.0 Å². The molecule has 0 aliphatic carbocycles. The Bertz CT molecular complexity index is 1190. The zero-order chi connectivity index (χ0) is 20.2. The Morgan fingerprint density at radius 1 is 1.10 bits per heavy atom. The van der Waals surface area contributed by atoms with Crippen molar-refractivity contribution in [3.63, 3.8) is 0 Å². The van der Waals surface area contributed by atoms with Crippen molar-refractivity contribution in [3.8, 4) is 5.75 Å². The third-order valence-electron chi connectivity index (χ3n) is 4.30. The molecule has 0 bridgehead atoms. The first-order valence-corrected chi connectivity index (χ1v) is 11.1. The normalized spacial score (nSPS) is 12.1. The van der Waals surface area contributed by atoms with E-state index >= 15 is 0 Å². The monoisotopic (exact) mass is 427 g/mol. The number of hydrogen-bond donors (Lipinski definition) is 0. The van der Waals surface area contributed by atoms with Gasteiger partial charge in [0, 0.05) is 13.2 Å². The third kappa shape index (κ3) is 4.24. The number of carbonyl (C=O) groups excluding carboxylic acids is 1. The standard InChI is InChI=1S/C21H21N3O3S2/c1-3-26-12-11-24-16-10-9-14(27-4-2)13-18(16)29-21(24)23-19(25)20-22-15-7-5-6-8-17(15)28-20/h5-10,13H,3-4,11-12H2,1-2H3. The first kappa shape index (κ1) is 19.8. The molecule has 4 aromatic rings. The quantitative estimate of drug-likeness (QED) is 0.408. The Balaban J connectivity index is 1.76. The lowest BCUT2D eigenvalue weighted by molar-refractivity contribution is 0.0996. The van der Waals surface area contributed by atoms with Crippen LogP contribution in [0.4, 0.5) is 0 Å². The van der Waals surface area contributed by atoms with Crippen molar-refractivity contribution < 1.29 is 14.3 Å². The van der Waals surface area contributed by atoms with Crippen LogP contribution in [-0.4, -0.2) is 35.3 Å². The summed E-state index contributed by atoms with van der Waals surface area (Å²) >= 11 is 2.83. The summed E-state index contributed by atoms with van der Waals surface area (Å²) in [7, 11) is 0. The lowest BCUT2D eigenvalue weighted by atomic mass is 10.3. The lowest BCUT2D eigenvalue weighted by Crippen LogP contribution is -2.19. The van der Waals surface area contributed by atoms with Crippen LogP contribution in [0.2, 0.25) is 0 Å². The molecule has 29 heavy (non-hydrogen) atoms. The average molecular weight is 428 g/mol. The minimum atomic E-state index is -0.326. The number of amides is 1. The maximum atomic E-state index is 12.8. The van der Waals surface area contributed by atoms with Crippen molar-refractivity contribution in [1.29, 1.82) is 0 Å². The van der Waals surface area contributed by atoms with Gasteiger partial charge >= 0.3 is 5.91 Å². The van der Waals surface area contributed by atoms with Gasteiger partial charge in [-0.1, -0.05) is 23.5 Å². The molecule has 8 heteroatoms. The number of fused-ring (bicyclic) bond motifs is 2. The number of benzene rings is 2. The second-order valence-corrected chi connectivity index (χ2v) is 8.24. The number of aromatic nitrogens is 2. The predicted octanol–water partition coefficient (Wildman–Crippen LogP) is 4.49. The van der Waals surface area contributed by atoms with Gasteiger partial charge in [0.15, 0.2) is 9.81 Å². The fourth-order valence-electron chi connectivity index (χ4n) is 3.01. The van der Waals surface area contributed by atoms with E-state index in [9.17, 15) is 4.79 Å². The molecule has 150 valence electrons. The number of hydrogen-bond acceptors (Lipinski definition) is 6. The minimum absolute atomic E-state index is 0.326. The Morgan fingerprint density at radius 2 is 1.97 bits per heavy atom. The van der Waals surface area contributed by atoms with Gasteiger partial charge in [-0.2, -0.15) is 4.99 Å². The topological polar surface area (TPSA) is 65.7 Å². The van der Waals surface area contributed by atoms with Crippen LogP contribution in [0.25, 0.3) is 20.4 Å². The van der Waals surface area contributed by atoms with Crippen molar-refractivity contribution >= 4 is 49.0 Å². The summed E-state index contributed by atoms with van der Waals surface area (Å²) in [5.74, 6) is 0.482. The molecule has 1 amide bonds. The predicted molar refractivity (Wildman–Crippen MR) is 117 cm³/mol. The molecule has 4 rings (SSSR count). The van der Waals surface area contributed by atoms with Crippen LogP contribution in [0, 0.1) is 0 Å². The van der Waals surface area contributed by atoms with Crippen LogP contribution in [0.5, 0.6) is 5.75 Å². The van der Waals surface area contributed by atoms with Crippen LogP contribution in [0.3, 0.4) is 0 Å². The highest BCUT2D eigenvalue weighted by molar-refractivity contribution is 7.20. The Kier molecular flexibility index (Phi) is 6.03. The molecule has 0 aliphatic rings. The second-order valence-electron chi connectivity index (χ2n) is 6.20. The van der Waals surface area contributed by atoms with Crippen molar-refractivity contribution in [2.75, 3.05) is 19.8 Å². The molecule has 2 heterocycles. The molecular formula is C21H21N3O3S2. The molecule has 0 aliphatic heterocycles. The zero-order valence-electron chi connectivity index (χ0n) is 16.3. The highest BCUT2D eigenvalue weighted by Gasteiger charge is 2.14. The molecule has 2 aromatic carbocycles. The minimum Gasteiger partial charge on any atom is -0.494 e. The Hall–Kier alpha value is -2.55. The molecule has 2 aromatic heterocycles. The smallest absolute Gasteiger partial charge is 0.308 e. The summed E-state index contributed by atoms with van der Waals surface area (Å²) < 4.78 is 15.2. The molecule has 0 saturated heterocycles. The lowest BCUT2D eigenvalue weighted by Gasteiger charge is -2.06. The highest BCUT2D eigenvalue weighted by atomic mass is 32.1. The summed E-state index contributed by atoms with van der Waals surface area (Å²) in [5.41, 5.74) is 1.83. The van der Waals surface area contributed by atoms with Gasteiger partial charge in [0.1, 0.15) is 5.75 Å². The third-order valence-corrected chi connectivity index (χ3v) is 6.37. The van der Waals surface area contributed by atoms with Gasteiger partial charge in [-0.05, 0) is 44.2 Å². The first-order valence-electron chi connectivity index (χ1n) is 9.48.